The van der Waals surface area contributed by atoms with Crippen molar-refractivity contribution in [2.24, 2.45) is 0 Å². The number of halogens is 1. The third-order valence-electron chi connectivity index (χ3n) is 3.79. The highest BCUT2D eigenvalue weighted by Gasteiger charge is 2.35. The van der Waals surface area contributed by atoms with E-state index in [-0.39, 0.29) is 17.7 Å². The van der Waals surface area contributed by atoms with Crippen LogP contribution in [0.25, 0.3) is 11.2 Å². The number of hydrogen-bond acceptors (Lipinski definition) is 4. The van der Waals surface area contributed by atoms with Gasteiger partial charge in [0.15, 0.2) is 5.65 Å². The summed E-state index contributed by atoms with van der Waals surface area (Å²) in [7, 11) is 1.51. The number of pyridine rings is 1. The van der Waals surface area contributed by atoms with E-state index >= 15 is 0 Å². The van der Waals surface area contributed by atoms with Crippen molar-refractivity contribution in [2.45, 2.75) is 31.7 Å². The number of nitrogens with zero attached hydrogens (tertiary/aromatic N) is 4. The molecule has 110 valence electrons. The first kappa shape index (κ1) is 14.0. The normalized spacial score (nSPS) is 19.6. The fourth-order valence-electron chi connectivity index (χ4n) is 2.69. The zero-order valence-electron chi connectivity index (χ0n) is 11.8. The molecule has 2 amide bonds. The summed E-state index contributed by atoms with van der Waals surface area (Å²) in [6.45, 7) is 1.93. The number of alkyl halides is 1. The highest BCUT2D eigenvalue weighted by Crippen LogP contribution is 2.29. The minimum atomic E-state index is -0.471. The molecular formula is C14H15ClN4O2. The zero-order chi connectivity index (χ0) is 15.1. The molecule has 6 nitrogen and oxygen atoms in total. The van der Waals surface area contributed by atoms with Crippen LogP contribution in [0.1, 0.15) is 30.3 Å². The predicted octanol–water partition coefficient (Wildman–Crippen LogP) is 1.80. The smallest absolute Gasteiger partial charge is 0.252 e. The van der Waals surface area contributed by atoms with Gasteiger partial charge in [0.2, 0.25) is 5.91 Å². The molecule has 3 heterocycles. The quantitative estimate of drug-likeness (QED) is 0.627. The van der Waals surface area contributed by atoms with Crippen molar-refractivity contribution >= 4 is 34.6 Å². The number of likely N-dealkylation sites (N-methyl/N-ethyl adjacent to an activating group) is 1. The number of imidazole rings is 1. The number of aromatic nitrogens is 3. The Hall–Kier alpha value is -1.95. The number of likely N-dealkylation sites (tertiary alicyclic amines) is 1. The lowest BCUT2D eigenvalue weighted by Crippen LogP contribution is -2.43. The molecule has 3 rings (SSSR count). The van der Waals surface area contributed by atoms with Gasteiger partial charge in [0, 0.05) is 19.7 Å². The van der Waals surface area contributed by atoms with E-state index in [4.69, 9.17) is 11.6 Å². The van der Waals surface area contributed by atoms with Gasteiger partial charge in [0.1, 0.15) is 17.4 Å². The Labute approximate surface area is 126 Å². The number of amides is 2. The summed E-state index contributed by atoms with van der Waals surface area (Å²) in [5.41, 5.74) is 2.35. The average Bonchev–Trinajstić information content (AvgIpc) is 2.82. The first-order chi connectivity index (χ1) is 10.0. The third kappa shape index (κ3) is 2.19. The van der Waals surface area contributed by atoms with Crippen molar-refractivity contribution in [1.82, 2.24) is 19.4 Å². The van der Waals surface area contributed by atoms with Gasteiger partial charge in [-0.25, -0.2) is 9.97 Å². The lowest BCUT2D eigenvalue weighted by atomic mass is 10.0. The van der Waals surface area contributed by atoms with E-state index in [1.54, 1.807) is 10.8 Å². The molecular weight excluding hydrogens is 292 g/mol. The first-order valence-electron chi connectivity index (χ1n) is 6.72. The number of rotatable bonds is 2. The molecule has 0 N–H and O–H groups in total. The lowest BCUT2D eigenvalue weighted by molar-refractivity contribution is -0.149. The van der Waals surface area contributed by atoms with Crippen molar-refractivity contribution in [3.63, 3.8) is 0 Å². The highest BCUT2D eigenvalue weighted by atomic mass is 35.5. The summed E-state index contributed by atoms with van der Waals surface area (Å²) in [4.78, 5) is 34.0. The molecule has 0 radical (unpaired) electrons. The summed E-state index contributed by atoms with van der Waals surface area (Å²) in [6.07, 6.45) is 2.52. The topological polar surface area (TPSA) is 68.1 Å². The number of aryl methyl sites for hydroxylation is 1. The van der Waals surface area contributed by atoms with E-state index in [1.165, 1.54) is 11.9 Å². The third-order valence-corrected chi connectivity index (χ3v) is 4.03. The van der Waals surface area contributed by atoms with E-state index in [1.807, 2.05) is 13.0 Å². The van der Waals surface area contributed by atoms with E-state index in [0.29, 0.717) is 24.3 Å². The van der Waals surface area contributed by atoms with Crippen LogP contribution in [0.5, 0.6) is 0 Å². The Balaban J connectivity index is 2.15. The molecule has 2 aromatic heterocycles. The molecule has 1 unspecified atom stereocenters. The summed E-state index contributed by atoms with van der Waals surface area (Å²) in [5, 5.41) is 0. The second-order valence-corrected chi connectivity index (χ2v) is 5.50. The number of piperidine rings is 1. The van der Waals surface area contributed by atoms with E-state index in [2.05, 4.69) is 9.97 Å². The van der Waals surface area contributed by atoms with E-state index in [0.717, 1.165) is 11.1 Å². The molecule has 2 aromatic rings. The van der Waals surface area contributed by atoms with Gasteiger partial charge in [0.25, 0.3) is 5.91 Å². The minimum Gasteiger partial charge on any atom is -0.299 e. The maximum Gasteiger partial charge on any atom is 0.252 e. The van der Waals surface area contributed by atoms with Crippen molar-refractivity contribution in [1.29, 1.82) is 0 Å². The van der Waals surface area contributed by atoms with Crippen LogP contribution in [0.4, 0.5) is 0 Å². The maximum absolute atomic E-state index is 12.4. The van der Waals surface area contributed by atoms with Crippen molar-refractivity contribution in [3.05, 3.63) is 23.7 Å². The largest absolute Gasteiger partial charge is 0.299 e. The highest BCUT2D eigenvalue weighted by molar-refractivity contribution is 6.17. The van der Waals surface area contributed by atoms with Crippen molar-refractivity contribution in [2.75, 3.05) is 7.05 Å². The van der Waals surface area contributed by atoms with Crippen LogP contribution in [-0.2, 0) is 15.5 Å². The molecule has 1 saturated heterocycles. The van der Waals surface area contributed by atoms with Gasteiger partial charge in [-0.05, 0) is 25.0 Å². The monoisotopic (exact) mass is 306 g/mol. The Morgan fingerprint density at radius 2 is 2.19 bits per heavy atom. The second-order valence-electron chi connectivity index (χ2n) is 5.23. The number of carbonyl (C=O) groups is 2. The minimum absolute atomic E-state index is 0.156. The molecule has 1 atom stereocenters. The Morgan fingerprint density at radius 3 is 2.90 bits per heavy atom. The van der Waals surface area contributed by atoms with Gasteiger partial charge in [-0.2, -0.15) is 0 Å². The fraction of sp³-hybridized carbons (Fsp3) is 0.429. The maximum atomic E-state index is 12.4. The van der Waals surface area contributed by atoms with Crippen LogP contribution in [0.2, 0.25) is 0 Å². The predicted molar refractivity (Wildman–Crippen MR) is 77.9 cm³/mol. The SMILES string of the molecule is Cc1cnc2c(c1)nc(CCl)n2C1CCC(=O)N(C)C1=O. The standard InChI is InChI=1S/C14H15ClN4O2/c1-8-5-9-13(16-7-8)19(11(6-15)17-9)10-3-4-12(20)18(2)14(10)21/h5,7,10H,3-4,6H2,1-2H3. The summed E-state index contributed by atoms with van der Waals surface area (Å²) >= 11 is 5.97. The number of imide groups is 1. The Kier molecular flexibility index (Phi) is 3.41. The van der Waals surface area contributed by atoms with Gasteiger partial charge < -0.3 is 0 Å². The van der Waals surface area contributed by atoms with Gasteiger partial charge in [-0.15, -0.1) is 11.6 Å². The van der Waals surface area contributed by atoms with Crippen LogP contribution in [-0.4, -0.2) is 38.3 Å². The molecule has 1 aliphatic rings. The molecule has 0 aromatic carbocycles. The second kappa shape index (κ2) is 5.11. The van der Waals surface area contributed by atoms with Crippen molar-refractivity contribution in [3.8, 4) is 0 Å². The molecule has 0 spiro atoms. The van der Waals surface area contributed by atoms with Crippen LogP contribution in [0, 0.1) is 6.92 Å². The molecule has 0 aliphatic carbocycles. The first-order valence-corrected chi connectivity index (χ1v) is 7.26. The van der Waals surface area contributed by atoms with Gasteiger partial charge >= 0.3 is 0 Å². The van der Waals surface area contributed by atoms with Crippen LogP contribution in [0.3, 0.4) is 0 Å². The van der Waals surface area contributed by atoms with Crippen molar-refractivity contribution < 1.29 is 9.59 Å². The summed E-state index contributed by atoms with van der Waals surface area (Å²) < 4.78 is 1.77. The Bertz CT molecular complexity index is 740. The molecule has 1 aliphatic heterocycles. The van der Waals surface area contributed by atoms with Crippen LogP contribution >= 0.6 is 11.6 Å². The van der Waals surface area contributed by atoms with E-state index in [9.17, 15) is 9.59 Å². The number of carbonyl (C=O) groups excluding carboxylic acids is 2. The fourth-order valence-corrected chi connectivity index (χ4v) is 2.88. The molecule has 7 heteroatoms. The molecule has 0 saturated carbocycles. The van der Waals surface area contributed by atoms with Gasteiger partial charge in [-0.3, -0.25) is 19.1 Å². The molecule has 0 bridgehead atoms. The van der Waals surface area contributed by atoms with Gasteiger partial charge in [-0.1, -0.05) is 0 Å². The number of hydrogen-bond donors (Lipinski definition) is 0. The van der Waals surface area contributed by atoms with E-state index < -0.39 is 6.04 Å². The lowest BCUT2D eigenvalue weighted by Gasteiger charge is -2.29. The summed E-state index contributed by atoms with van der Waals surface area (Å²) in [6, 6.07) is 1.44. The summed E-state index contributed by atoms with van der Waals surface area (Å²) in [5.74, 6) is 0.402. The Morgan fingerprint density at radius 1 is 1.43 bits per heavy atom. The zero-order valence-corrected chi connectivity index (χ0v) is 12.6. The average molecular weight is 307 g/mol. The van der Waals surface area contributed by atoms with Crippen LogP contribution in [0.15, 0.2) is 12.3 Å². The van der Waals surface area contributed by atoms with Gasteiger partial charge in [0.05, 0.1) is 5.88 Å². The van der Waals surface area contributed by atoms with Crippen LogP contribution < -0.4 is 0 Å². The molecule has 1 fully saturated rings. The number of fused-ring (bicyclic) bond motifs is 1. The molecule has 21 heavy (non-hydrogen) atoms.